The molecule has 26 heavy (non-hydrogen) atoms. The van der Waals surface area contributed by atoms with Gasteiger partial charge in [0.05, 0.1) is 13.2 Å². The van der Waals surface area contributed by atoms with E-state index >= 15 is 0 Å². The molecule has 2 aromatic carbocycles. The first-order valence-corrected chi connectivity index (χ1v) is 9.98. The molecule has 2 aromatic rings. The molecule has 0 spiro atoms. The summed E-state index contributed by atoms with van der Waals surface area (Å²) in [5.41, 5.74) is 1.60. The Balaban J connectivity index is 2.08. The zero-order valence-corrected chi connectivity index (χ0v) is 15.9. The van der Waals surface area contributed by atoms with Crippen LogP contribution in [0.2, 0.25) is 0 Å². The van der Waals surface area contributed by atoms with Crippen molar-refractivity contribution in [3.63, 3.8) is 0 Å². The van der Waals surface area contributed by atoms with Crippen molar-refractivity contribution in [3.05, 3.63) is 71.8 Å². The predicted molar refractivity (Wildman–Crippen MR) is 99.5 cm³/mol. The predicted octanol–water partition coefficient (Wildman–Crippen LogP) is 5.01. The zero-order chi connectivity index (χ0) is 18.8. The van der Waals surface area contributed by atoms with Crippen molar-refractivity contribution in [2.75, 3.05) is 13.1 Å². The zero-order valence-electron chi connectivity index (χ0n) is 15.0. The molecule has 6 nitrogen and oxygen atoms in total. The van der Waals surface area contributed by atoms with Crippen molar-refractivity contribution in [1.29, 1.82) is 0 Å². The summed E-state index contributed by atoms with van der Waals surface area (Å²) in [5.74, 6) is 0. The van der Waals surface area contributed by atoms with Gasteiger partial charge < -0.3 is 9.42 Å². The Hall–Kier alpha value is -2.14. The molecule has 140 valence electrons. The standard InChI is InChI=1S/C19H24NO5P/c1-3-20(4-2)19(21)25-26(22,23-15-17-11-7-5-8-12-17)24-16-18-13-9-6-10-14-18/h5-14H,3-4,15-16H2,1-2H3. The maximum atomic E-state index is 13.0. The van der Waals surface area contributed by atoms with Crippen LogP contribution in [0.15, 0.2) is 60.7 Å². The normalized spacial score (nSPS) is 11.2. The van der Waals surface area contributed by atoms with E-state index in [2.05, 4.69) is 0 Å². The maximum Gasteiger partial charge on any atom is 0.534 e. The van der Waals surface area contributed by atoms with Crippen LogP contribution in [0.1, 0.15) is 25.0 Å². The summed E-state index contributed by atoms with van der Waals surface area (Å²) in [6.45, 7) is 4.52. The van der Waals surface area contributed by atoms with E-state index in [1.165, 1.54) is 4.90 Å². The highest BCUT2D eigenvalue weighted by Gasteiger charge is 2.33. The second-order valence-corrected chi connectivity index (χ2v) is 7.09. The van der Waals surface area contributed by atoms with Crippen LogP contribution < -0.4 is 0 Å². The fourth-order valence-corrected chi connectivity index (χ4v) is 3.28. The monoisotopic (exact) mass is 377 g/mol. The summed E-state index contributed by atoms with van der Waals surface area (Å²) >= 11 is 0. The molecular formula is C19H24NO5P. The number of phosphoric ester groups is 1. The molecule has 0 radical (unpaired) electrons. The lowest BCUT2D eigenvalue weighted by atomic mass is 10.2. The average Bonchev–Trinajstić information content (AvgIpc) is 2.68. The third kappa shape index (κ3) is 6.30. The molecule has 0 fully saturated rings. The van der Waals surface area contributed by atoms with Gasteiger partial charge in [0.1, 0.15) is 0 Å². The van der Waals surface area contributed by atoms with Crippen LogP contribution in [0.3, 0.4) is 0 Å². The number of carbonyl (C=O) groups excluding carboxylic acids is 1. The molecule has 0 unspecified atom stereocenters. The highest BCUT2D eigenvalue weighted by molar-refractivity contribution is 7.49. The van der Waals surface area contributed by atoms with Crippen molar-refractivity contribution in [2.24, 2.45) is 0 Å². The number of nitrogens with zero attached hydrogens (tertiary/aromatic N) is 1. The van der Waals surface area contributed by atoms with E-state index in [9.17, 15) is 9.36 Å². The summed E-state index contributed by atoms with van der Waals surface area (Å²) in [6, 6.07) is 18.4. The Morgan fingerprint density at radius 2 is 1.27 bits per heavy atom. The molecule has 0 aromatic heterocycles. The van der Waals surface area contributed by atoms with E-state index < -0.39 is 13.9 Å². The smallest absolute Gasteiger partial charge is 0.353 e. The minimum Gasteiger partial charge on any atom is -0.353 e. The third-order valence-corrected chi connectivity index (χ3v) is 4.95. The Bertz CT molecular complexity index is 672. The fourth-order valence-electron chi connectivity index (χ4n) is 2.18. The number of carbonyl (C=O) groups is 1. The molecule has 0 aliphatic rings. The second-order valence-electron chi connectivity index (χ2n) is 5.49. The number of amides is 1. The van der Waals surface area contributed by atoms with Gasteiger partial charge in [-0.1, -0.05) is 60.7 Å². The van der Waals surface area contributed by atoms with Crippen LogP contribution in [0, 0.1) is 0 Å². The van der Waals surface area contributed by atoms with Crippen molar-refractivity contribution in [2.45, 2.75) is 27.1 Å². The lowest BCUT2D eigenvalue weighted by Gasteiger charge is -2.22. The molecule has 0 atom stereocenters. The highest BCUT2D eigenvalue weighted by Crippen LogP contribution is 2.51. The van der Waals surface area contributed by atoms with Crippen LogP contribution in [0.4, 0.5) is 4.79 Å². The lowest BCUT2D eigenvalue weighted by Crippen LogP contribution is -2.30. The number of phosphoric acid groups is 1. The summed E-state index contributed by atoms with van der Waals surface area (Å²) in [7, 11) is -4.08. The number of hydrogen-bond donors (Lipinski definition) is 0. The molecule has 2 rings (SSSR count). The van der Waals surface area contributed by atoms with Crippen molar-refractivity contribution >= 4 is 13.9 Å². The van der Waals surface area contributed by atoms with E-state index in [0.29, 0.717) is 13.1 Å². The van der Waals surface area contributed by atoms with E-state index in [1.807, 2.05) is 74.5 Å². The van der Waals surface area contributed by atoms with E-state index in [4.69, 9.17) is 13.6 Å². The van der Waals surface area contributed by atoms with Gasteiger partial charge in [0.25, 0.3) is 0 Å². The van der Waals surface area contributed by atoms with Crippen LogP contribution in [-0.2, 0) is 31.4 Å². The topological polar surface area (TPSA) is 65.1 Å². The Morgan fingerprint density at radius 1 is 0.846 bits per heavy atom. The van der Waals surface area contributed by atoms with Gasteiger partial charge in [-0.3, -0.25) is 9.05 Å². The molecule has 0 aliphatic heterocycles. The number of benzene rings is 2. The van der Waals surface area contributed by atoms with Gasteiger partial charge in [-0.05, 0) is 25.0 Å². The second kappa shape index (κ2) is 10.1. The van der Waals surface area contributed by atoms with Crippen molar-refractivity contribution in [3.8, 4) is 0 Å². The molecular weight excluding hydrogens is 353 g/mol. The summed E-state index contributed by atoms with van der Waals surface area (Å²) in [4.78, 5) is 13.6. The minimum absolute atomic E-state index is 0.0123. The van der Waals surface area contributed by atoms with Crippen LogP contribution in [0.25, 0.3) is 0 Å². The molecule has 7 heteroatoms. The van der Waals surface area contributed by atoms with E-state index in [-0.39, 0.29) is 13.2 Å². The van der Waals surface area contributed by atoms with Crippen LogP contribution in [0.5, 0.6) is 0 Å². The van der Waals surface area contributed by atoms with Gasteiger partial charge in [-0.15, -0.1) is 0 Å². The quantitative estimate of drug-likeness (QED) is 0.575. The summed E-state index contributed by atoms with van der Waals surface area (Å²) in [6.07, 6.45) is -0.723. The summed E-state index contributed by atoms with van der Waals surface area (Å²) in [5, 5.41) is 0. The minimum atomic E-state index is -4.08. The van der Waals surface area contributed by atoms with Gasteiger partial charge >= 0.3 is 13.9 Å². The first-order chi connectivity index (χ1) is 12.6. The molecule has 0 saturated heterocycles. The summed E-state index contributed by atoms with van der Waals surface area (Å²) < 4.78 is 28.9. The van der Waals surface area contributed by atoms with Gasteiger partial charge in [0.15, 0.2) is 0 Å². The Kier molecular flexibility index (Phi) is 7.85. The first kappa shape index (κ1) is 20.2. The van der Waals surface area contributed by atoms with Crippen molar-refractivity contribution in [1.82, 2.24) is 4.90 Å². The largest absolute Gasteiger partial charge is 0.534 e. The third-order valence-electron chi connectivity index (χ3n) is 3.68. The van der Waals surface area contributed by atoms with Gasteiger partial charge in [-0.2, -0.15) is 0 Å². The van der Waals surface area contributed by atoms with Gasteiger partial charge in [0, 0.05) is 13.1 Å². The van der Waals surface area contributed by atoms with Gasteiger partial charge in [0.2, 0.25) is 0 Å². The molecule has 0 bridgehead atoms. The van der Waals surface area contributed by atoms with E-state index in [1.54, 1.807) is 0 Å². The van der Waals surface area contributed by atoms with Gasteiger partial charge in [-0.25, -0.2) is 9.36 Å². The number of hydrogen-bond acceptors (Lipinski definition) is 5. The molecule has 0 aliphatic carbocycles. The fraction of sp³-hybridized carbons (Fsp3) is 0.316. The Labute approximate surface area is 154 Å². The number of rotatable bonds is 9. The SMILES string of the molecule is CCN(CC)C(=O)OP(=O)(OCc1ccccc1)OCc1ccccc1. The first-order valence-electron chi connectivity index (χ1n) is 8.51. The lowest BCUT2D eigenvalue weighted by molar-refractivity contribution is 0.0975. The van der Waals surface area contributed by atoms with Crippen LogP contribution in [-0.4, -0.2) is 24.1 Å². The van der Waals surface area contributed by atoms with Crippen molar-refractivity contribution < 1.29 is 22.9 Å². The van der Waals surface area contributed by atoms with E-state index in [0.717, 1.165) is 11.1 Å². The average molecular weight is 377 g/mol. The molecule has 0 saturated carbocycles. The van der Waals surface area contributed by atoms with Crippen LogP contribution >= 0.6 is 7.82 Å². The highest BCUT2D eigenvalue weighted by atomic mass is 31.2. The molecule has 0 N–H and O–H groups in total. The molecule has 0 heterocycles. The molecule has 1 amide bonds. The Morgan fingerprint density at radius 3 is 1.65 bits per heavy atom. The maximum absolute atomic E-state index is 13.0.